The molecule has 0 aliphatic rings. The maximum atomic E-state index is 11.0. The van der Waals surface area contributed by atoms with Gasteiger partial charge in [0.2, 0.25) is 0 Å². The maximum absolute atomic E-state index is 11.0. The lowest BCUT2D eigenvalue weighted by Crippen LogP contribution is -1.85. The molecule has 0 unspecified atom stereocenters. The van der Waals surface area contributed by atoms with Crippen LogP contribution in [0.15, 0.2) is 40.3 Å². The molecule has 0 saturated carbocycles. The summed E-state index contributed by atoms with van der Waals surface area (Å²) in [6, 6.07) is 9.69. The van der Waals surface area contributed by atoms with Gasteiger partial charge in [-0.25, -0.2) is 4.98 Å². The molecule has 0 atom stereocenters. The molecule has 0 spiro atoms. The molecule has 0 aromatic carbocycles. The Kier molecular flexibility index (Phi) is 2.57. The highest BCUT2D eigenvalue weighted by molar-refractivity contribution is 9.11. The highest BCUT2D eigenvalue weighted by Crippen LogP contribution is 2.31. The van der Waals surface area contributed by atoms with Crippen molar-refractivity contribution >= 4 is 39.1 Å². The molecule has 0 N–H and O–H groups in total. The van der Waals surface area contributed by atoms with Gasteiger partial charge in [-0.2, -0.15) is 0 Å². The fourth-order valence-electron chi connectivity index (χ4n) is 1.76. The highest BCUT2D eigenvalue weighted by Gasteiger charge is 2.12. The number of aromatic nitrogens is 2. The first-order chi connectivity index (χ1) is 8.29. The van der Waals surface area contributed by atoms with E-state index in [1.165, 1.54) is 0 Å². The monoisotopic (exact) mass is 306 g/mol. The average molecular weight is 307 g/mol. The molecule has 0 aliphatic carbocycles. The predicted molar refractivity (Wildman–Crippen MR) is 71.6 cm³/mol. The van der Waals surface area contributed by atoms with Crippen molar-refractivity contribution in [1.29, 1.82) is 0 Å². The van der Waals surface area contributed by atoms with Crippen LogP contribution in [-0.2, 0) is 0 Å². The number of imidazole rings is 1. The lowest BCUT2D eigenvalue weighted by Gasteiger charge is -1.96. The number of hydrogen-bond donors (Lipinski definition) is 0. The lowest BCUT2D eigenvalue weighted by atomic mass is 10.3. The second-order valence-corrected chi connectivity index (χ2v) is 5.96. The minimum atomic E-state index is 0.477. The summed E-state index contributed by atoms with van der Waals surface area (Å²) in [5.41, 5.74) is 1.31. The van der Waals surface area contributed by atoms with E-state index in [1.807, 2.05) is 40.9 Å². The third kappa shape index (κ3) is 1.71. The van der Waals surface area contributed by atoms with Gasteiger partial charge < -0.3 is 0 Å². The van der Waals surface area contributed by atoms with E-state index in [1.54, 1.807) is 11.3 Å². The van der Waals surface area contributed by atoms with Crippen LogP contribution in [0.3, 0.4) is 0 Å². The summed E-state index contributed by atoms with van der Waals surface area (Å²) >= 11 is 5.03. The minimum Gasteiger partial charge on any atom is -0.298 e. The zero-order chi connectivity index (χ0) is 11.8. The first-order valence-corrected chi connectivity index (χ1v) is 6.58. The smallest absolute Gasteiger partial charge is 0.170 e. The van der Waals surface area contributed by atoms with Gasteiger partial charge in [0.25, 0.3) is 0 Å². The Hall–Kier alpha value is -1.46. The molecule has 5 heteroatoms. The molecule has 3 nitrogen and oxygen atoms in total. The van der Waals surface area contributed by atoms with Crippen molar-refractivity contribution in [1.82, 2.24) is 9.38 Å². The Morgan fingerprint density at radius 3 is 2.88 bits per heavy atom. The number of aldehydes is 1. The number of rotatable bonds is 2. The fourth-order valence-corrected chi connectivity index (χ4v) is 3.13. The third-order valence-electron chi connectivity index (χ3n) is 2.48. The van der Waals surface area contributed by atoms with E-state index in [-0.39, 0.29) is 0 Å². The first kappa shape index (κ1) is 10.7. The van der Waals surface area contributed by atoms with Gasteiger partial charge in [-0.1, -0.05) is 6.07 Å². The predicted octanol–water partition coefficient (Wildman–Crippen LogP) is 3.64. The van der Waals surface area contributed by atoms with Gasteiger partial charge in [-0.3, -0.25) is 9.20 Å². The third-order valence-corrected chi connectivity index (χ3v) is 4.10. The standard InChI is InChI=1S/C12H7BrN2OS/c13-11-5-4-10(17-11)12-14-8(7-16)9-3-1-2-6-15(9)12/h1-7H. The lowest BCUT2D eigenvalue weighted by molar-refractivity contribution is 0.112. The summed E-state index contributed by atoms with van der Waals surface area (Å²) in [6.07, 6.45) is 2.71. The summed E-state index contributed by atoms with van der Waals surface area (Å²) in [6.45, 7) is 0. The van der Waals surface area contributed by atoms with E-state index < -0.39 is 0 Å². The minimum absolute atomic E-state index is 0.477. The SMILES string of the molecule is O=Cc1nc(-c2ccc(Br)s2)n2ccccc12. The van der Waals surface area contributed by atoms with E-state index in [9.17, 15) is 4.79 Å². The van der Waals surface area contributed by atoms with Crippen LogP contribution in [-0.4, -0.2) is 15.7 Å². The molecule has 3 aromatic heterocycles. The Morgan fingerprint density at radius 1 is 1.29 bits per heavy atom. The van der Waals surface area contributed by atoms with Crippen LogP contribution in [0.4, 0.5) is 0 Å². The molecule has 0 aliphatic heterocycles. The largest absolute Gasteiger partial charge is 0.298 e. The second-order valence-electron chi connectivity index (χ2n) is 3.50. The maximum Gasteiger partial charge on any atom is 0.170 e. The topological polar surface area (TPSA) is 34.4 Å². The molecule has 3 heterocycles. The molecular formula is C12H7BrN2OS. The van der Waals surface area contributed by atoms with Crippen LogP contribution in [0, 0.1) is 0 Å². The van der Waals surface area contributed by atoms with Crippen molar-refractivity contribution in [3.05, 3.63) is 46.0 Å². The molecule has 0 bridgehead atoms. The van der Waals surface area contributed by atoms with Crippen molar-refractivity contribution in [3.8, 4) is 10.7 Å². The number of pyridine rings is 1. The average Bonchev–Trinajstić information content (AvgIpc) is 2.92. The zero-order valence-corrected chi connectivity index (χ0v) is 11.0. The van der Waals surface area contributed by atoms with E-state index in [4.69, 9.17) is 0 Å². The molecule has 84 valence electrons. The Labute approximate surface area is 110 Å². The summed E-state index contributed by atoms with van der Waals surface area (Å²) < 4.78 is 2.98. The van der Waals surface area contributed by atoms with Gasteiger partial charge >= 0.3 is 0 Å². The summed E-state index contributed by atoms with van der Waals surface area (Å²) in [7, 11) is 0. The van der Waals surface area contributed by atoms with E-state index >= 15 is 0 Å². The van der Waals surface area contributed by atoms with E-state index in [0.29, 0.717) is 5.69 Å². The Bertz CT molecular complexity index is 701. The van der Waals surface area contributed by atoms with Crippen molar-refractivity contribution < 1.29 is 4.79 Å². The van der Waals surface area contributed by atoms with Gasteiger partial charge in [0.1, 0.15) is 5.69 Å². The number of fused-ring (bicyclic) bond motifs is 1. The number of carbonyl (C=O) groups is 1. The quantitative estimate of drug-likeness (QED) is 0.677. The number of halogens is 1. The van der Waals surface area contributed by atoms with Crippen molar-refractivity contribution in [3.63, 3.8) is 0 Å². The summed E-state index contributed by atoms with van der Waals surface area (Å²) in [4.78, 5) is 16.4. The molecule has 0 fully saturated rings. The van der Waals surface area contributed by atoms with Crippen molar-refractivity contribution in [2.45, 2.75) is 0 Å². The molecular weight excluding hydrogens is 300 g/mol. The van der Waals surface area contributed by atoms with Crippen molar-refractivity contribution in [2.75, 3.05) is 0 Å². The van der Waals surface area contributed by atoms with Gasteiger partial charge in [-0.15, -0.1) is 11.3 Å². The number of hydrogen-bond acceptors (Lipinski definition) is 3. The van der Waals surface area contributed by atoms with Gasteiger partial charge in [0.05, 0.1) is 14.2 Å². The second kappa shape index (κ2) is 4.09. The van der Waals surface area contributed by atoms with E-state index in [0.717, 1.165) is 26.3 Å². The van der Waals surface area contributed by atoms with Crippen LogP contribution >= 0.6 is 27.3 Å². The van der Waals surface area contributed by atoms with E-state index in [2.05, 4.69) is 20.9 Å². The van der Waals surface area contributed by atoms with Crippen LogP contribution in [0.1, 0.15) is 10.5 Å². The van der Waals surface area contributed by atoms with Crippen LogP contribution in [0.5, 0.6) is 0 Å². The van der Waals surface area contributed by atoms with Gasteiger partial charge in [-0.05, 0) is 40.2 Å². The number of nitrogens with zero attached hydrogens (tertiary/aromatic N) is 2. The number of thiophene rings is 1. The van der Waals surface area contributed by atoms with Crippen LogP contribution < -0.4 is 0 Å². The Morgan fingerprint density at radius 2 is 2.18 bits per heavy atom. The molecule has 3 aromatic rings. The Balaban J connectivity index is 2.33. The van der Waals surface area contributed by atoms with Crippen LogP contribution in [0.25, 0.3) is 16.2 Å². The normalized spacial score (nSPS) is 10.9. The zero-order valence-electron chi connectivity index (χ0n) is 8.63. The number of carbonyl (C=O) groups excluding carboxylic acids is 1. The van der Waals surface area contributed by atoms with Gasteiger partial charge in [0.15, 0.2) is 12.1 Å². The molecule has 0 saturated heterocycles. The molecule has 0 amide bonds. The summed E-state index contributed by atoms with van der Waals surface area (Å²) in [5, 5.41) is 0. The first-order valence-electron chi connectivity index (χ1n) is 4.97. The highest BCUT2D eigenvalue weighted by atomic mass is 79.9. The molecule has 0 radical (unpaired) electrons. The summed E-state index contributed by atoms with van der Waals surface area (Å²) in [5.74, 6) is 0.804. The molecule has 3 rings (SSSR count). The van der Waals surface area contributed by atoms with Crippen molar-refractivity contribution in [2.24, 2.45) is 0 Å². The van der Waals surface area contributed by atoms with Crippen LogP contribution in [0.2, 0.25) is 0 Å². The fraction of sp³-hybridized carbons (Fsp3) is 0. The van der Waals surface area contributed by atoms with Gasteiger partial charge in [0, 0.05) is 6.20 Å². The molecule has 17 heavy (non-hydrogen) atoms.